The predicted molar refractivity (Wildman–Crippen MR) is 143 cm³/mol. The number of ether oxygens (including phenoxy) is 2. The van der Waals surface area contributed by atoms with Crippen molar-refractivity contribution in [1.29, 1.82) is 0 Å². The summed E-state index contributed by atoms with van der Waals surface area (Å²) in [5.74, 6) is 0.129. The molecule has 0 aliphatic rings. The maximum atomic E-state index is 13.1. The lowest BCUT2D eigenvalue weighted by Gasteiger charge is -2.27. The number of anilines is 1. The molecule has 1 aromatic heterocycles. The number of methoxy groups -OCH3 is 1. The lowest BCUT2D eigenvalue weighted by molar-refractivity contribution is 0.0529. The van der Waals surface area contributed by atoms with Gasteiger partial charge in [0.1, 0.15) is 16.3 Å². The van der Waals surface area contributed by atoms with Gasteiger partial charge in [-0.3, -0.25) is 5.32 Å². The molecule has 0 fully saturated rings. The maximum Gasteiger partial charge on any atom is 0.341 e. The summed E-state index contributed by atoms with van der Waals surface area (Å²) in [7, 11) is 1.59. The van der Waals surface area contributed by atoms with Gasteiger partial charge in [-0.05, 0) is 63.9 Å². The number of hydrogen-bond acceptors (Lipinski definition) is 5. The van der Waals surface area contributed by atoms with E-state index in [1.165, 1.54) is 11.3 Å². The van der Waals surface area contributed by atoms with Crippen LogP contribution in [-0.4, -0.2) is 25.7 Å². The third-order valence-corrected chi connectivity index (χ3v) is 6.54. The number of carbonyl (C=O) groups excluding carboxylic acids is 2. The van der Waals surface area contributed by atoms with Crippen molar-refractivity contribution in [2.24, 2.45) is 0 Å². The molecule has 2 aromatic carbocycles. The van der Waals surface area contributed by atoms with Gasteiger partial charge < -0.3 is 14.8 Å². The maximum absolute atomic E-state index is 13.1. The van der Waals surface area contributed by atoms with Crippen molar-refractivity contribution < 1.29 is 19.1 Å². The summed E-state index contributed by atoms with van der Waals surface area (Å²) in [5, 5.41) is 8.12. The Morgan fingerprint density at radius 3 is 2.51 bits per heavy atom. The van der Waals surface area contributed by atoms with Gasteiger partial charge in [0, 0.05) is 16.5 Å². The minimum Gasteiger partial charge on any atom is -0.496 e. The lowest BCUT2D eigenvalue weighted by atomic mass is 9.92. The molecular formula is C28H32N2O4S. The number of nitrogens with one attached hydrogen (secondary N) is 2. The van der Waals surface area contributed by atoms with Gasteiger partial charge in [-0.2, -0.15) is 0 Å². The molecule has 3 aromatic rings. The van der Waals surface area contributed by atoms with E-state index >= 15 is 0 Å². The van der Waals surface area contributed by atoms with Gasteiger partial charge in [-0.1, -0.05) is 42.0 Å². The van der Waals surface area contributed by atoms with Crippen LogP contribution in [0, 0.1) is 6.92 Å². The van der Waals surface area contributed by atoms with Crippen LogP contribution in [0.25, 0.3) is 16.7 Å². The van der Waals surface area contributed by atoms with Gasteiger partial charge in [-0.25, -0.2) is 9.59 Å². The molecule has 0 radical (unpaired) electrons. The quantitative estimate of drug-likeness (QED) is 0.332. The standard InChI is InChI=1S/C28H32N2O4S/c1-8-34-26(31)24-22(21-14-18(4)12-13-23(21)33-7)16-35-25(24)29-27(32)30-28(5,6)20-11-9-10-19(15-20)17(2)3/h9-16H,2,8H2,1,3-7H3,(H2,29,30,32). The first-order valence-electron chi connectivity index (χ1n) is 11.4. The van der Waals surface area contributed by atoms with E-state index in [0.29, 0.717) is 21.9 Å². The largest absolute Gasteiger partial charge is 0.496 e. The number of allylic oxidation sites excluding steroid dienone is 1. The van der Waals surface area contributed by atoms with Crippen LogP contribution in [-0.2, 0) is 10.3 Å². The van der Waals surface area contributed by atoms with Gasteiger partial charge in [0.15, 0.2) is 0 Å². The second-order valence-electron chi connectivity index (χ2n) is 8.84. The molecule has 7 heteroatoms. The monoisotopic (exact) mass is 492 g/mol. The van der Waals surface area contributed by atoms with E-state index in [-0.39, 0.29) is 6.61 Å². The molecule has 0 bridgehead atoms. The molecule has 2 N–H and O–H groups in total. The van der Waals surface area contributed by atoms with Crippen molar-refractivity contribution in [2.75, 3.05) is 19.0 Å². The number of carbonyl (C=O) groups is 2. The molecule has 6 nitrogen and oxygen atoms in total. The van der Waals surface area contributed by atoms with Gasteiger partial charge in [0.05, 0.1) is 19.3 Å². The predicted octanol–water partition coefficient (Wildman–Crippen LogP) is 7.00. The number of urea groups is 1. The van der Waals surface area contributed by atoms with Crippen molar-refractivity contribution in [3.8, 4) is 16.9 Å². The zero-order valence-corrected chi connectivity index (χ0v) is 21.9. The van der Waals surface area contributed by atoms with Crippen LogP contribution in [0.2, 0.25) is 0 Å². The van der Waals surface area contributed by atoms with Crippen LogP contribution in [0.4, 0.5) is 9.80 Å². The first-order valence-corrected chi connectivity index (χ1v) is 12.2. The van der Waals surface area contributed by atoms with Crippen molar-refractivity contribution in [3.05, 3.63) is 76.7 Å². The van der Waals surface area contributed by atoms with E-state index in [4.69, 9.17) is 9.47 Å². The fraction of sp³-hybridized carbons (Fsp3) is 0.286. The van der Waals surface area contributed by atoms with E-state index < -0.39 is 17.5 Å². The van der Waals surface area contributed by atoms with Crippen LogP contribution in [0.5, 0.6) is 5.75 Å². The van der Waals surface area contributed by atoms with Crippen LogP contribution in [0.3, 0.4) is 0 Å². The summed E-state index contributed by atoms with van der Waals surface area (Å²) in [5.41, 5.74) is 4.97. The molecule has 35 heavy (non-hydrogen) atoms. The number of hydrogen-bond donors (Lipinski definition) is 2. The van der Waals surface area contributed by atoms with Gasteiger partial charge in [0.25, 0.3) is 0 Å². The summed E-state index contributed by atoms with van der Waals surface area (Å²) in [4.78, 5) is 26.0. The molecule has 0 saturated carbocycles. The Balaban J connectivity index is 1.93. The topological polar surface area (TPSA) is 76.7 Å². The van der Waals surface area contributed by atoms with E-state index in [1.54, 1.807) is 14.0 Å². The third kappa shape index (κ3) is 5.92. The molecule has 0 aliphatic carbocycles. The smallest absolute Gasteiger partial charge is 0.341 e. The average Bonchev–Trinajstić information content (AvgIpc) is 3.22. The summed E-state index contributed by atoms with van der Waals surface area (Å²) >= 11 is 1.27. The molecule has 0 atom stereocenters. The Morgan fingerprint density at radius 2 is 1.86 bits per heavy atom. The number of thiophene rings is 1. The molecule has 3 rings (SSSR count). The third-order valence-electron chi connectivity index (χ3n) is 5.65. The highest BCUT2D eigenvalue weighted by molar-refractivity contribution is 7.15. The van der Waals surface area contributed by atoms with Crippen molar-refractivity contribution in [3.63, 3.8) is 0 Å². The number of amides is 2. The SMILES string of the molecule is C=C(C)c1cccc(C(C)(C)NC(=O)Nc2scc(-c3cc(C)ccc3OC)c2C(=O)OCC)c1. The Hall–Kier alpha value is -3.58. The number of benzene rings is 2. The van der Waals surface area contributed by atoms with Crippen molar-refractivity contribution in [2.45, 2.75) is 40.2 Å². The molecular weight excluding hydrogens is 460 g/mol. The van der Waals surface area contributed by atoms with Crippen LogP contribution in [0.15, 0.2) is 54.4 Å². The number of esters is 1. The Labute approximate surface area is 211 Å². The van der Waals surface area contributed by atoms with E-state index in [9.17, 15) is 9.59 Å². The lowest BCUT2D eigenvalue weighted by Crippen LogP contribution is -2.43. The highest BCUT2D eigenvalue weighted by Gasteiger charge is 2.27. The highest BCUT2D eigenvalue weighted by Crippen LogP contribution is 2.40. The minimum absolute atomic E-state index is 0.219. The second-order valence-corrected chi connectivity index (χ2v) is 9.72. The van der Waals surface area contributed by atoms with Crippen LogP contribution >= 0.6 is 11.3 Å². The highest BCUT2D eigenvalue weighted by atomic mass is 32.1. The van der Waals surface area contributed by atoms with Crippen molar-refractivity contribution >= 4 is 33.9 Å². The fourth-order valence-corrected chi connectivity index (χ4v) is 4.69. The zero-order valence-electron chi connectivity index (χ0n) is 21.1. The van der Waals surface area contributed by atoms with Gasteiger partial charge in [-0.15, -0.1) is 11.3 Å². The number of rotatable bonds is 8. The Morgan fingerprint density at radius 1 is 1.11 bits per heavy atom. The average molecular weight is 493 g/mol. The van der Waals surface area contributed by atoms with Crippen LogP contribution < -0.4 is 15.4 Å². The molecule has 1 heterocycles. The van der Waals surface area contributed by atoms with Crippen LogP contribution in [0.1, 0.15) is 54.7 Å². The Kier molecular flexibility index (Phi) is 8.02. The fourth-order valence-electron chi connectivity index (χ4n) is 3.75. The first-order chi connectivity index (χ1) is 16.6. The molecule has 0 aliphatic heterocycles. The van der Waals surface area contributed by atoms with E-state index in [1.807, 2.05) is 75.5 Å². The first kappa shape index (κ1) is 26.0. The molecule has 0 spiro atoms. The molecule has 184 valence electrons. The minimum atomic E-state index is -0.667. The van der Waals surface area contributed by atoms with Gasteiger partial charge >= 0.3 is 12.0 Å². The van der Waals surface area contributed by atoms with E-state index in [2.05, 4.69) is 17.2 Å². The molecule has 0 saturated heterocycles. The van der Waals surface area contributed by atoms with Crippen molar-refractivity contribution in [1.82, 2.24) is 5.32 Å². The molecule has 0 unspecified atom stereocenters. The van der Waals surface area contributed by atoms with Gasteiger partial charge in [0.2, 0.25) is 0 Å². The summed E-state index contributed by atoms with van der Waals surface area (Å²) in [6.45, 7) is 13.7. The Bertz CT molecular complexity index is 1260. The number of aryl methyl sites for hydroxylation is 1. The summed E-state index contributed by atoms with van der Waals surface area (Å²) in [6, 6.07) is 13.2. The van der Waals surface area contributed by atoms with E-state index in [0.717, 1.165) is 27.8 Å². The molecule has 2 amide bonds. The second kappa shape index (κ2) is 10.8. The zero-order chi connectivity index (χ0) is 25.8. The summed E-state index contributed by atoms with van der Waals surface area (Å²) in [6.07, 6.45) is 0. The summed E-state index contributed by atoms with van der Waals surface area (Å²) < 4.78 is 10.9. The normalized spacial score (nSPS) is 11.0.